The Morgan fingerprint density at radius 1 is 1.45 bits per heavy atom. The second kappa shape index (κ2) is 6.25. The minimum absolute atomic E-state index is 0.144. The summed E-state index contributed by atoms with van der Waals surface area (Å²) in [4.78, 5) is 19.7. The second-order valence-corrected chi connectivity index (χ2v) is 4.53. The summed E-state index contributed by atoms with van der Waals surface area (Å²) < 4.78 is 1.57. The topological polar surface area (TPSA) is 60.1 Å². The number of pyridine rings is 1. The van der Waals surface area contributed by atoms with Gasteiger partial charge in [0.15, 0.2) is 0 Å². The van der Waals surface area contributed by atoms with Gasteiger partial charge in [-0.3, -0.25) is 14.8 Å². The van der Waals surface area contributed by atoms with Crippen molar-refractivity contribution in [2.45, 2.75) is 6.92 Å². The molecule has 0 aliphatic rings. The minimum Gasteiger partial charge on any atom is -0.297 e. The molecule has 102 valence electrons. The van der Waals surface area contributed by atoms with Crippen LogP contribution in [0.15, 0.2) is 46.6 Å². The fourth-order valence-corrected chi connectivity index (χ4v) is 1.78. The van der Waals surface area contributed by atoms with E-state index in [1.54, 1.807) is 42.5 Å². The van der Waals surface area contributed by atoms with E-state index in [1.807, 2.05) is 6.92 Å². The molecule has 0 atom stereocenters. The second-order valence-electron chi connectivity index (χ2n) is 4.09. The summed E-state index contributed by atoms with van der Waals surface area (Å²) in [6, 6.07) is 3.19. The number of halogens is 1. The highest BCUT2D eigenvalue weighted by Gasteiger charge is 2.06. The van der Waals surface area contributed by atoms with Crippen molar-refractivity contribution >= 4 is 23.4 Å². The molecule has 5 nitrogen and oxygen atoms in total. The van der Waals surface area contributed by atoms with Crippen molar-refractivity contribution in [3.63, 3.8) is 0 Å². The van der Waals surface area contributed by atoms with Gasteiger partial charge in [-0.25, -0.2) is 4.68 Å². The van der Waals surface area contributed by atoms with E-state index in [4.69, 9.17) is 11.6 Å². The first-order chi connectivity index (χ1) is 9.61. The molecule has 0 aliphatic heterocycles. The van der Waals surface area contributed by atoms with Gasteiger partial charge < -0.3 is 0 Å². The molecule has 0 radical (unpaired) electrons. The lowest BCUT2D eigenvalue weighted by Crippen LogP contribution is -2.14. The summed E-state index contributed by atoms with van der Waals surface area (Å²) in [6.07, 6.45) is 8.11. The van der Waals surface area contributed by atoms with E-state index >= 15 is 0 Å². The van der Waals surface area contributed by atoms with Crippen LogP contribution >= 0.6 is 11.6 Å². The van der Waals surface area contributed by atoms with Crippen LogP contribution in [-0.4, -0.2) is 28.0 Å². The zero-order valence-electron chi connectivity index (χ0n) is 11.1. The highest BCUT2D eigenvalue weighted by molar-refractivity contribution is 6.30. The van der Waals surface area contributed by atoms with Crippen LogP contribution in [0.3, 0.4) is 0 Å². The molecule has 2 rings (SSSR count). The van der Waals surface area contributed by atoms with E-state index < -0.39 is 0 Å². The van der Waals surface area contributed by atoms with Gasteiger partial charge in [-0.05, 0) is 24.6 Å². The number of aromatic nitrogens is 3. The Kier molecular flexibility index (Phi) is 4.42. The molecule has 0 spiro atoms. The van der Waals surface area contributed by atoms with Gasteiger partial charge in [-0.1, -0.05) is 11.6 Å². The number of hydrogen-bond donors (Lipinski definition) is 0. The SMILES string of the molecule is CN=C/C=C(\C)c1nn(-c2cncc(Cl)c2)ccc1=O. The normalized spacial score (nSPS) is 12.1. The van der Waals surface area contributed by atoms with E-state index in [-0.39, 0.29) is 5.43 Å². The van der Waals surface area contributed by atoms with E-state index in [2.05, 4.69) is 15.1 Å². The third kappa shape index (κ3) is 3.19. The highest BCUT2D eigenvalue weighted by atomic mass is 35.5. The molecule has 0 N–H and O–H groups in total. The fourth-order valence-electron chi connectivity index (χ4n) is 1.62. The molecule has 0 amide bonds. The molecule has 2 heterocycles. The van der Waals surface area contributed by atoms with Gasteiger partial charge in [0.25, 0.3) is 0 Å². The van der Waals surface area contributed by atoms with Gasteiger partial charge in [-0.15, -0.1) is 0 Å². The van der Waals surface area contributed by atoms with Crippen LogP contribution in [0.4, 0.5) is 0 Å². The Bertz CT molecular complexity index is 734. The Balaban J connectivity index is 2.51. The van der Waals surface area contributed by atoms with Crippen molar-refractivity contribution in [1.29, 1.82) is 0 Å². The largest absolute Gasteiger partial charge is 0.297 e. The van der Waals surface area contributed by atoms with Crippen molar-refractivity contribution in [1.82, 2.24) is 14.8 Å². The molecule has 2 aromatic heterocycles. The third-order valence-electron chi connectivity index (χ3n) is 2.61. The van der Waals surface area contributed by atoms with Crippen molar-refractivity contribution in [2.75, 3.05) is 7.05 Å². The number of hydrogen-bond acceptors (Lipinski definition) is 4. The molecule has 20 heavy (non-hydrogen) atoms. The Morgan fingerprint density at radius 2 is 2.25 bits per heavy atom. The number of aliphatic imine (C=N–C) groups is 1. The summed E-state index contributed by atoms with van der Waals surface area (Å²) in [6.45, 7) is 1.81. The summed E-state index contributed by atoms with van der Waals surface area (Å²) >= 11 is 5.90. The first-order valence-corrected chi connectivity index (χ1v) is 6.30. The number of rotatable bonds is 3. The average Bonchev–Trinajstić information content (AvgIpc) is 2.45. The van der Waals surface area contributed by atoms with Crippen molar-refractivity contribution in [3.8, 4) is 5.69 Å². The Hall–Kier alpha value is -2.27. The highest BCUT2D eigenvalue weighted by Crippen LogP contribution is 2.12. The molecule has 2 aromatic rings. The van der Waals surface area contributed by atoms with Gasteiger partial charge in [0.05, 0.1) is 16.9 Å². The van der Waals surface area contributed by atoms with E-state index in [9.17, 15) is 4.79 Å². The van der Waals surface area contributed by atoms with Crippen LogP contribution in [0.5, 0.6) is 0 Å². The van der Waals surface area contributed by atoms with Crippen molar-refractivity contribution in [2.24, 2.45) is 4.99 Å². The lowest BCUT2D eigenvalue weighted by molar-refractivity contribution is 0.820. The monoisotopic (exact) mass is 288 g/mol. The maximum atomic E-state index is 11.9. The number of nitrogens with zero attached hydrogens (tertiary/aromatic N) is 4. The molecule has 0 saturated heterocycles. The van der Waals surface area contributed by atoms with Crippen LogP contribution in [0, 0.1) is 0 Å². The van der Waals surface area contributed by atoms with E-state index in [1.165, 1.54) is 12.3 Å². The van der Waals surface area contributed by atoms with Crippen LogP contribution in [0.1, 0.15) is 12.6 Å². The van der Waals surface area contributed by atoms with Crippen molar-refractivity contribution in [3.05, 3.63) is 57.7 Å². The van der Waals surface area contributed by atoms with Gasteiger partial charge >= 0.3 is 0 Å². The van der Waals surface area contributed by atoms with Gasteiger partial charge in [0.1, 0.15) is 5.69 Å². The molecular formula is C14H13ClN4O. The summed E-state index contributed by atoms with van der Waals surface area (Å²) in [5.74, 6) is 0. The molecule has 0 saturated carbocycles. The van der Waals surface area contributed by atoms with E-state index in [0.717, 1.165) is 5.57 Å². The molecule has 0 fully saturated rings. The predicted molar refractivity (Wildman–Crippen MR) is 80.7 cm³/mol. The predicted octanol–water partition coefficient (Wildman–Crippen LogP) is 2.38. The van der Waals surface area contributed by atoms with Gasteiger partial charge in [0.2, 0.25) is 5.43 Å². The summed E-state index contributed by atoms with van der Waals surface area (Å²) in [5.41, 5.74) is 1.66. The molecule has 6 heteroatoms. The fraction of sp³-hybridized carbons (Fsp3) is 0.143. The standard InChI is InChI=1S/C14H13ClN4O/c1-10(3-5-16-2)14-13(20)4-6-19(18-14)12-7-11(15)8-17-9-12/h3-9H,1-2H3/b10-3+,16-5?. The molecule has 0 aromatic carbocycles. The smallest absolute Gasteiger partial charge is 0.207 e. The molecular weight excluding hydrogens is 276 g/mol. The maximum Gasteiger partial charge on any atom is 0.207 e. The number of allylic oxidation sites excluding steroid dienone is 2. The Labute approximate surface area is 121 Å². The quantitative estimate of drug-likeness (QED) is 0.815. The minimum atomic E-state index is -0.144. The van der Waals surface area contributed by atoms with Crippen LogP contribution in [0.2, 0.25) is 5.02 Å². The summed E-state index contributed by atoms with van der Waals surface area (Å²) in [7, 11) is 1.66. The van der Waals surface area contributed by atoms with Crippen LogP contribution < -0.4 is 5.43 Å². The zero-order chi connectivity index (χ0) is 14.5. The van der Waals surface area contributed by atoms with Crippen LogP contribution in [0.25, 0.3) is 11.3 Å². The third-order valence-corrected chi connectivity index (χ3v) is 2.82. The Morgan fingerprint density at radius 3 is 2.95 bits per heavy atom. The van der Waals surface area contributed by atoms with Crippen molar-refractivity contribution < 1.29 is 0 Å². The van der Waals surface area contributed by atoms with Gasteiger partial charge in [-0.2, -0.15) is 5.10 Å². The lowest BCUT2D eigenvalue weighted by Gasteiger charge is -2.07. The lowest BCUT2D eigenvalue weighted by atomic mass is 10.2. The average molecular weight is 289 g/mol. The first kappa shape index (κ1) is 14.1. The van der Waals surface area contributed by atoms with E-state index in [0.29, 0.717) is 16.4 Å². The van der Waals surface area contributed by atoms with Crippen LogP contribution in [-0.2, 0) is 0 Å². The van der Waals surface area contributed by atoms with Gasteiger partial charge in [0, 0.05) is 31.7 Å². The zero-order valence-corrected chi connectivity index (χ0v) is 11.9. The molecule has 0 unspecified atom stereocenters. The molecule has 0 bridgehead atoms. The maximum absolute atomic E-state index is 11.9. The molecule has 0 aliphatic carbocycles. The summed E-state index contributed by atoms with van der Waals surface area (Å²) in [5, 5.41) is 4.82. The first-order valence-electron chi connectivity index (χ1n) is 5.92.